The first-order chi connectivity index (χ1) is 9.24. The number of halogens is 1. The van der Waals surface area contributed by atoms with Gasteiger partial charge in [0.2, 0.25) is 5.91 Å². The number of hydrogen-bond acceptors (Lipinski definition) is 3. The van der Waals surface area contributed by atoms with E-state index in [0.29, 0.717) is 17.5 Å². The zero-order chi connectivity index (χ0) is 13.5. The molecule has 1 amide bonds. The van der Waals surface area contributed by atoms with Crippen molar-refractivity contribution in [3.05, 3.63) is 29.3 Å². The summed E-state index contributed by atoms with van der Waals surface area (Å²) in [4.78, 5) is 11.7. The summed E-state index contributed by atoms with van der Waals surface area (Å²) in [6.45, 7) is 2.81. The van der Waals surface area contributed by atoms with E-state index < -0.39 is 0 Å². The molecule has 1 saturated heterocycles. The van der Waals surface area contributed by atoms with Gasteiger partial charge in [0.05, 0.1) is 13.2 Å². The summed E-state index contributed by atoms with van der Waals surface area (Å²) < 4.78 is 5.39. The van der Waals surface area contributed by atoms with Gasteiger partial charge in [-0.3, -0.25) is 4.79 Å². The fourth-order valence-corrected chi connectivity index (χ4v) is 2.22. The molecule has 1 aromatic rings. The number of ether oxygens (including phenoxy) is 1. The molecule has 1 unspecified atom stereocenters. The van der Waals surface area contributed by atoms with E-state index in [-0.39, 0.29) is 5.91 Å². The van der Waals surface area contributed by atoms with Crippen LogP contribution < -0.4 is 10.6 Å². The van der Waals surface area contributed by atoms with Crippen LogP contribution in [0.1, 0.15) is 12.8 Å². The van der Waals surface area contributed by atoms with E-state index in [0.717, 1.165) is 31.9 Å². The van der Waals surface area contributed by atoms with Crippen molar-refractivity contribution in [1.29, 1.82) is 0 Å². The second-order valence-electron chi connectivity index (χ2n) is 4.77. The van der Waals surface area contributed by atoms with Crippen LogP contribution >= 0.6 is 11.6 Å². The molecule has 2 N–H and O–H groups in total. The first kappa shape index (κ1) is 14.3. The average Bonchev–Trinajstić information content (AvgIpc) is 2.43. The summed E-state index contributed by atoms with van der Waals surface area (Å²) in [6.07, 6.45) is 2.29. The number of rotatable bonds is 5. The van der Waals surface area contributed by atoms with Gasteiger partial charge in [-0.2, -0.15) is 0 Å². The number of carbonyl (C=O) groups is 1. The van der Waals surface area contributed by atoms with E-state index in [2.05, 4.69) is 10.6 Å². The number of carbonyl (C=O) groups excluding carboxylic acids is 1. The largest absolute Gasteiger partial charge is 0.381 e. The minimum Gasteiger partial charge on any atom is -0.381 e. The molecule has 0 spiro atoms. The molecule has 0 aromatic heterocycles. The summed E-state index contributed by atoms with van der Waals surface area (Å²) in [6, 6.07) is 7.08. The zero-order valence-electron chi connectivity index (χ0n) is 10.8. The Kier molecular flexibility index (Phi) is 5.63. The maximum atomic E-state index is 11.7. The first-order valence-electron chi connectivity index (χ1n) is 6.58. The summed E-state index contributed by atoms with van der Waals surface area (Å²) in [5, 5.41) is 6.64. The Hall–Kier alpha value is -1.10. The molecule has 1 aliphatic rings. The van der Waals surface area contributed by atoms with Crippen molar-refractivity contribution in [3.8, 4) is 0 Å². The van der Waals surface area contributed by atoms with Gasteiger partial charge in [0.15, 0.2) is 0 Å². The van der Waals surface area contributed by atoms with E-state index in [9.17, 15) is 4.79 Å². The monoisotopic (exact) mass is 282 g/mol. The molecular formula is C14H19ClN2O2. The van der Waals surface area contributed by atoms with Gasteiger partial charge in [-0.15, -0.1) is 0 Å². The van der Waals surface area contributed by atoms with Gasteiger partial charge < -0.3 is 15.4 Å². The van der Waals surface area contributed by atoms with Crippen LogP contribution in [0.15, 0.2) is 24.3 Å². The Bertz CT molecular complexity index is 402. The van der Waals surface area contributed by atoms with Gasteiger partial charge in [-0.25, -0.2) is 0 Å². The second kappa shape index (κ2) is 7.48. The Morgan fingerprint density at radius 3 is 2.84 bits per heavy atom. The lowest BCUT2D eigenvalue weighted by molar-refractivity contribution is -0.115. The van der Waals surface area contributed by atoms with E-state index in [1.54, 1.807) is 24.3 Å². The molecule has 5 heteroatoms. The van der Waals surface area contributed by atoms with Crippen molar-refractivity contribution in [1.82, 2.24) is 5.32 Å². The van der Waals surface area contributed by atoms with Crippen molar-refractivity contribution in [2.45, 2.75) is 12.8 Å². The number of benzene rings is 1. The van der Waals surface area contributed by atoms with Crippen molar-refractivity contribution >= 4 is 23.2 Å². The predicted molar refractivity (Wildman–Crippen MR) is 76.5 cm³/mol. The van der Waals surface area contributed by atoms with E-state index in [4.69, 9.17) is 16.3 Å². The van der Waals surface area contributed by atoms with E-state index >= 15 is 0 Å². The highest BCUT2D eigenvalue weighted by Crippen LogP contribution is 2.13. The quantitative estimate of drug-likeness (QED) is 0.871. The Morgan fingerprint density at radius 1 is 1.37 bits per heavy atom. The lowest BCUT2D eigenvalue weighted by Gasteiger charge is -2.22. The van der Waals surface area contributed by atoms with Crippen molar-refractivity contribution < 1.29 is 9.53 Å². The maximum Gasteiger partial charge on any atom is 0.238 e. The lowest BCUT2D eigenvalue weighted by Crippen LogP contribution is -2.34. The third kappa shape index (κ3) is 5.19. The Balaban J connectivity index is 1.65. The van der Waals surface area contributed by atoms with E-state index in [1.165, 1.54) is 6.42 Å². The zero-order valence-corrected chi connectivity index (χ0v) is 11.6. The third-order valence-corrected chi connectivity index (χ3v) is 3.35. The molecule has 1 fully saturated rings. The van der Waals surface area contributed by atoms with Gasteiger partial charge in [-0.05, 0) is 43.0 Å². The highest BCUT2D eigenvalue weighted by molar-refractivity contribution is 6.30. The van der Waals surface area contributed by atoms with Gasteiger partial charge in [0, 0.05) is 23.9 Å². The van der Waals surface area contributed by atoms with Crippen LogP contribution in [0.2, 0.25) is 5.02 Å². The molecule has 19 heavy (non-hydrogen) atoms. The molecule has 1 aromatic carbocycles. The second-order valence-corrected chi connectivity index (χ2v) is 5.21. The molecular weight excluding hydrogens is 264 g/mol. The molecule has 0 radical (unpaired) electrons. The van der Waals surface area contributed by atoms with Crippen LogP contribution in [-0.4, -0.2) is 32.2 Å². The van der Waals surface area contributed by atoms with Gasteiger partial charge >= 0.3 is 0 Å². The highest BCUT2D eigenvalue weighted by atomic mass is 35.5. The normalized spacial score (nSPS) is 19.1. The van der Waals surface area contributed by atoms with Crippen LogP contribution in [0.5, 0.6) is 0 Å². The minimum absolute atomic E-state index is 0.0425. The molecule has 2 rings (SSSR count). The average molecular weight is 283 g/mol. The van der Waals surface area contributed by atoms with Gasteiger partial charge in [0.1, 0.15) is 0 Å². The van der Waals surface area contributed by atoms with E-state index in [1.807, 2.05) is 0 Å². The number of anilines is 1. The van der Waals surface area contributed by atoms with Crippen molar-refractivity contribution in [2.75, 3.05) is 31.6 Å². The number of hydrogen-bond donors (Lipinski definition) is 2. The molecule has 104 valence electrons. The summed E-state index contributed by atoms with van der Waals surface area (Å²) in [5.41, 5.74) is 0.761. The standard InChI is InChI=1S/C14H19ClN2O2/c15-12-3-5-13(6-4-12)17-14(18)9-16-8-11-2-1-7-19-10-11/h3-6,11,16H,1-2,7-10H2,(H,17,18). The smallest absolute Gasteiger partial charge is 0.238 e. The molecule has 0 bridgehead atoms. The predicted octanol–water partition coefficient (Wildman–Crippen LogP) is 2.29. The summed E-state index contributed by atoms with van der Waals surface area (Å²) >= 11 is 5.78. The number of nitrogens with one attached hydrogen (secondary N) is 2. The van der Waals surface area contributed by atoms with Crippen LogP contribution in [0, 0.1) is 5.92 Å². The van der Waals surface area contributed by atoms with Crippen LogP contribution in [0.25, 0.3) is 0 Å². The molecule has 0 saturated carbocycles. The third-order valence-electron chi connectivity index (χ3n) is 3.10. The topological polar surface area (TPSA) is 50.4 Å². The lowest BCUT2D eigenvalue weighted by atomic mass is 10.0. The molecule has 1 heterocycles. The van der Waals surface area contributed by atoms with Crippen LogP contribution in [-0.2, 0) is 9.53 Å². The van der Waals surface area contributed by atoms with Crippen molar-refractivity contribution in [3.63, 3.8) is 0 Å². The fourth-order valence-electron chi connectivity index (χ4n) is 2.10. The van der Waals surface area contributed by atoms with Crippen LogP contribution in [0.3, 0.4) is 0 Å². The molecule has 1 atom stereocenters. The summed E-state index contributed by atoms with van der Waals surface area (Å²) in [5.74, 6) is 0.483. The van der Waals surface area contributed by atoms with Gasteiger partial charge in [-0.1, -0.05) is 11.6 Å². The Morgan fingerprint density at radius 2 is 2.16 bits per heavy atom. The van der Waals surface area contributed by atoms with Crippen LogP contribution in [0.4, 0.5) is 5.69 Å². The van der Waals surface area contributed by atoms with Gasteiger partial charge in [0.25, 0.3) is 0 Å². The SMILES string of the molecule is O=C(CNCC1CCCOC1)Nc1ccc(Cl)cc1. The Labute approximate surface area is 118 Å². The maximum absolute atomic E-state index is 11.7. The minimum atomic E-state index is -0.0425. The molecule has 4 nitrogen and oxygen atoms in total. The summed E-state index contributed by atoms with van der Waals surface area (Å²) in [7, 11) is 0. The first-order valence-corrected chi connectivity index (χ1v) is 6.96. The highest BCUT2D eigenvalue weighted by Gasteiger charge is 2.13. The number of amides is 1. The molecule has 1 aliphatic heterocycles. The fraction of sp³-hybridized carbons (Fsp3) is 0.500. The molecule has 0 aliphatic carbocycles. The van der Waals surface area contributed by atoms with Crippen molar-refractivity contribution in [2.24, 2.45) is 5.92 Å².